The normalized spacial score (nSPS) is 12.9. The Balaban J connectivity index is 3.44. The number of ether oxygens (including phenoxy) is 1. The fourth-order valence-electron chi connectivity index (χ4n) is 10.2. The van der Waals surface area contributed by atoms with Gasteiger partial charge in [-0.25, -0.2) is 0 Å². The zero-order chi connectivity index (χ0) is 54.3. The van der Waals surface area contributed by atoms with Crippen molar-refractivity contribution in [2.75, 3.05) is 13.2 Å². The number of esters is 1. The van der Waals surface area contributed by atoms with Gasteiger partial charge in [0, 0.05) is 12.8 Å². The second-order valence-electron chi connectivity index (χ2n) is 22.8. The van der Waals surface area contributed by atoms with Gasteiger partial charge in [0.2, 0.25) is 5.91 Å². The van der Waals surface area contributed by atoms with E-state index in [0.717, 1.165) is 51.4 Å². The standard InChI is InChI=1S/C69H129NO5/c1-3-5-7-9-11-13-15-17-19-20-21-28-31-34-37-41-45-49-53-57-61-67(72)66(65-71)70-68(73)62-58-54-50-46-42-38-35-32-29-26-24-22-23-25-27-30-33-36-40-44-48-52-56-60-64-75-69(74)63-59-55-51-47-43-39-18-16-14-12-10-8-6-4-2/h10,12,16,18,24,26,57,61,66-67,71-72H,3-9,11,13-15,17,19-23,25,27-56,58-60,62-65H2,1-2H3,(H,70,73)/b12-10-,18-16-,26-24-,61-57+. The highest BCUT2D eigenvalue weighted by Gasteiger charge is 2.18. The number of unbranched alkanes of at least 4 members (excludes halogenated alkanes) is 45. The van der Waals surface area contributed by atoms with Gasteiger partial charge in [0.25, 0.3) is 0 Å². The van der Waals surface area contributed by atoms with Crippen LogP contribution in [0.2, 0.25) is 0 Å². The van der Waals surface area contributed by atoms with Crippen LogP contribution in [0.25, 0.3) is 0 Å². The summed E-state index contributed by atoms with van der Waals surface area (Å²) in [5, 5.41) is 23.2. The molecule has 2 atom stereocenters. The Hall–Kier alpha value is -2.18. The number of amides is 1. The van der Waals surface area contributed by atoms with Crippen LogP contribution in [0.15, 0.2) is 48.6 Å². The Morgan fingerprint density at radius 3 is 1.07 bits per heavy atom. The van der Waals surface area contributed by atoms with E-state index in [1.165, 1.54) is 276 Å². The van der Waals surface area contributed by atoms with Crippen molar-refractivity contribution in [1.82, 2.24) is 5.32 Å². The number of rotatable bonds is 62. The van der Waals surface area contributed by atoms with E-state index in [2.05, 4.69) is 55.6 Å². The van der Waals surface area contributed by atoms with E-state index in [9.17, 15) is 19.8 Å². The number of nitrogens with one attached hydrogen (secondary N) is 1. The molecule has 440 valence electrons. The van der Waals surface area contributed by atoms with Gasteiger partial charge < -0.3 is 20.3 Å². The molecule has 0 aromatic rings. The fourth-order valence-corrected chi connectivity index (χ4v) is 10.2. The lowest BCUT2D eigenvalue weighted by Crippen LogP contribution is -2.45. The summed E-state index contributed by atoms with van der Waals surface area (Å²) in [6, 6.07) is -0.633. The molecule has 0 aliphatic carbocycles. The number of aliphatic hydroxyl groups excluding tert-OH is 2. The van der Waals surface area contributed by atoms with Crippen molar-refractivity contribution in [2.24, 2.45) is 0 Å². The van der Waals surface area contributed by atoms with E-state index in [1.54, 1.807) is 6.08 Å². The van der Waals surface area contributed by atoms with Gasteiger partial charge in [-0.1, -0.05) is 306 Å². The maximum atomic E-state index is 12.5. The zero-order valence-electron chi connectivity index (χ0n) is 50.3. The van der Waals surface area contributed by atoms with Crippen LogP contribution >= 0.6 is 0 Å². The molecule has 0 rings (SSSR count). The molecule has 0 heterocycles. The van der Waals surface area contributed by atoms with E-state index in [0.29, 0.717) is 19.4 Å². The molecular weight excluding hydrogens is 923 g/mol. The summed E-state index contributed by atoms with van der Waals surface area (Å²) in [6.45, 7) is 4.88. The van der Waals surface area contributed by atoms with Gasteiger partial charge in [0.1, 0.15) is 0 Å². The number of aliphatic hydroxyl groups is 2. The molecule has 0 fully saturated rings. The predicted octanol–water partition coefficient (Wildman–Crippen LogP) is 21.3. The smallest absolute Gasteiger partial charge is 0.305 e. The Bertz CT molecular complexity index is 1260. The summed E-state index contributed by atoms with van der Waals surface area (Å²) < 4.78 is 5.47. The molecule has 0 radical (unpaired) electrons. The minimum absolute atomic E-state index is 0.00263. The number of hydrogen-bond donors (Lipinski definition) is 3. The van der Waals surface area contributed by atoms with Crippen LogP contribution in [-0.2, 0) is 14.3 Å². The molecule has 3 N–H and O–H groups in total. The van der Waals surface area contributed by atoms with Crippen molar-refractivity contribution in [3.05, 3.63) is 48.6 Å². The van der Waals surface area contributed by atoms with Gasteiger partial charge in [0.15, 0.2) is 0 Å². The minimum atomic E-state index is -0.849. The maximum Gasteiger partial charge on any atom is 0.305 e. The molecule has 6 nitrogen and oxygen atoms in total. The summed E-state index contributed by atoms with van der Waals surface area (Å²) in [5.74, 6) is -0.0729. The molecule has 0 aromatic carbocycles. The van der Waals surface area contributed by atoms with Crippen LogP contribution < -0.4 is 5.32 Å². The third kappa shape index (κ3) is 60.9. The predicted molar refractivity (Wildman–Crippen MR) is 329 cm³/mol. The minimum Gasteiger partial charge on any atom is -0.466 e. The van der Waals surface area contributed by atoms with Crippen LogP contribution in [0, 0.1) is 0 Å². The Morgan fingerprint density at radius 2 is 0.680 bits per heavy atom. The topological polar surface area (TPSA) is 95.9 Å². The van der Waals surface area contributed by atoms with Gasteiger partial charge in [-0.2, -0.15) is 0 Å². The molecule has 0 aliphatic heterocycles. The largest absolute Gasteiger partial charge is 0.466 e. The van der Waals surface area contributed by atoms with Crippen molar-refractivity contribution in [1.29, 1.82) is 0 Å². The molecule has 0 aromatic heterocycles. The van der Waals surface area contributed by atoms with E-state index in [4.69, 9.17) is 4.74 Å². The zero-order valence-corrected chi connectivity index (χ0v) is 50.3. The molecule has 0 saturated carbocycles. The monoisotopic (exact) mass is 1050 g/mol. The van der Waals surface area contributed by atoms with Gasteiger partial charge in [-0.05, 0) is 83.5 Å². The highest BCUT2D eigenvalue weighted by atomic mass is 16.5. The lowest BCUT2D eigenvalue weighted by Gasteiger charge is -2.20. The molecule has 75 heavy (non-hydrogen) atoms. The van der Waals surface area contributed by atoms with Gasteiger partial charge in [0.05, 0.1) is 25.4 Å². The SMILES string of the molecule is CCCC/C=C\C/C=C\CCCCCCCC(=O)OCCCCCCCCCCCCCC/C=C\CCCCCCCCCCC(=O)NC(CO)C(O)/C=C/CCCCCCCCCCCCCCCCCCCC. The Kier molecular flexibility index (Phi) is 62.5. The van der Waals surface area contributed by atoms with Crippen LogP contribution in [0.4, 0.5) is 0 Å². The maximum absolute atomic E-state index is 12.5. The van der Waals surface area contributed by atoms with Gasteiger partial charge in [-0.3, -0.25) is 9.59 Å². The number of carbonyl (C=O) groups is 2. The van der Waals surface area contributed by atoms with Crippen LogP contribution in [0.3, 0.4) is 0 Å². The lowest BCUT2D eigenvalue weighted by molar-refractivity contribution is -0.143. The Labute approximate surface area is 467 Å². The first-order valence-electron chi connectivity index (χ1n) is 33.4. The van der Waals surface area contributed by atoms with Crippen LogP contribution in [0.5, 0.6) is 0 Å². The van der Waals surface area contributed by atoms with E-state index >= 15 is 0 Å². The average Bonchev–Trinajstić information content (AvgIpc) is 3.41. The lowest BCUT2D eigenvalue weighted by atomic mass is 10.0. The van der Waals surface area contributed by atoms with Crippen LogP contribution in [-0.4, -0.2) is 47.4 Å². The first-order chi connectivity index (χ1) is 37.0. The molecule has 0 spiro atoms. The van der Waals surface area contributed by atoms with E-state index in [-0.39, 0.29) is 18.5 Å². The third-order valence-electron chi connectivity index (χ3n) is 15.3. The summed E-state index contributed by atoms with van der Waals surface area (Å²) >= 11 is 0. The van der Waals surface area contributed by atoms with Crippen LogP contribution in [0.1, 0.15) is 354 Å². The van der Waals surface area contributed by atoms with Gasteiger partial charge >= 0.3 is 5.97 Å². The molecule has 0 aliphatic rings. The highest BCUT2D eigenvalue weighted by molar-refractivity contribution is 5.76. The van der Waals surface area contributed by atoms with Crippen molar-refractivity contribution in [2.45, 2.75) is 366 Å². The second kappa shape index (κ2) is 64.3. The first-order valence-corrected chi connectivity index (χ1v) is 33.4. The van der Waals surface area contributed by atoms with Crippen molar-refractivity contribution in [3.63, 3.8) is 0 Å². The van der Waals surface area contributed by atoms with Crippen molar-refractivity contribution >= 4 is 11.9 Å². The molecule has 0 saturated heterocycles. The highest BCUT2D eigenvalue weighted by Crippen LogP contribution is 2.17. The van der Waals surface area contributed by atoms with E-state index < -0.39 is 12.1 Å². The third-order valence-corrected chi connectivity index (χ3v) is 15.3. The summed E-state index contributed by atoms with van der Waals surface area (Å²) in [4.78, 5) is 24.6. The first kappa shape index (κ1) is 72.8. The number of allylic oxidation sites excluding steroid dienone is 7. The molecular formula is C69H129NO5. The summed E-state index contributed by atoms with van der Waals surface area (Å²) in [6.07, 6.45) is 83.1. The molecule has 0 bridgehead atoms. The molecule has 2 unspecified atom stereocenters. The average molecular weight is 1050 g/mol. The Morgan fingerprint density at radius 1 is 0.373 bits per heavy atom. The number of carbonyl (C=O) groups excluding carboxylic acids is 2. The van der Waals surface area contributed by atoms with E-state index in [1.807, 2.05) is 6.08 Å². The molecule has 6 heteroatoms. The van der Waals surface area contributed by atoms with Gasteiger partial charge in [-0.15, -0.1) is 0 Å². The molecule has 1 amide bonds. The van der Waals surface area contributed by atoms with Crippen molar-refractivity contribution in [3.8, 4) is 0 Å². The summed E-state index contributed by atoms with van der Waals surface area (Å²) in [5.41, 5.74) is 0. The number of hydrogen-bond acceptors (Lipinski definition) is 5. The summed E-state index contributed by atoms with van der Waals surface area (Å²) in [7, 11) is 0. The quantitative estimate of drug-likeness (QED) is 0.0320. The fraction of sp³-hybridized carbons (Fsp3) is 0.855. The van der Waals surface area contributed by atoms with Crippen molar-refractivity contribution < 1.29 is 24.5 Å². The second-order valence-corrected chi connectivity index (χ2v) is 22.8.